The highest BCUT2D eigenvalue weighted by Crippen LogP contribution is 2.20. The molecule has 5 heteroatoms. The fourth-order valence-electron chi connectivity index (χ4n) is 2.50. The first-order chi connectivity index (χ1) is 10.1. The maximum absolute atomic E-state index is 12.1. The molecular weight excluding hydrogens is 270 g/mol. The van der Waals surface area contributed by atoms with Gasteiger partial charge in [0.05, 0.1) is 0 Å². The van der Waals surface area contributed by atoms with Crippen molar-refractivity contribution < 1.29 is 19.4 Å². The molecule has 1 aromatic rings. The molecule has 3 atom stereocenters. The van der Waals surface area contributed by atoms with Gasteiger partial charge in [0.2, 0.25) is 5.91 Å². The number of amides is 1. The van der Waals surface area contributed by atoms with Crippen molar-refractivity contribution in [1.82, 2.24) is 5.32 Å². The minimum absolute atomic E-state index is 0.0346. The molecule has 114 valence electrons. The number of hydrogen-bond acceptors (Lipinski definition) is 3. The zero-order valence-corrected chi connectivity index (χ0v) is 12.1. The van der Waals surface area contributed by atoms with Crippen LogP contribution in [0.15, 0.2) is 30.3 Å². The summed E-state index contributed by atoms with van der Waals surface area (Å²) in [6.45, 7) is 2.02. The van der Waals surface area contributed by atoms with E-state index in [-0.39, 0.29) is 11.9 Å². The third kappa shape index (κ3) is 4.29. The molecule has 1 unspecified atom stereocenters. The number of nitrogens with one attached hydrogen (secondary N) is 1. The molecule has 1 aromatic carbocycles. The average Bonchev–Trinajstić information content (AvgIpc) is 2.97. The van der Waals surface area contributed by atoms with Gasteiger partial charge in [-0.15, -0.1) is 0 Å². The Morgan fingerprint density at radius 3 is 2.52 bits per heavy atom. The van der Waals surface area contributed by atoms with Crippen molar-refractivity contribution in [3.63, 3.8) is 0 Å². The molecule has 1 heterocycles. The first-order valence-electron chi connectivity index (χ1n) is 7.32. The van der Waals surface area contributed by atoms with E-state index >= 15 is 0 Å². The van der Waals surface area contributed by atoms with Crippen molar-refractivity contribution in [3.05, 3.63) is 35.9 Å². The van der Waals surface area contributed by atoms with Gasteiger partial charge in [-0.3, -0.25) is 4.79 Å². The van der Waals surface area contributed by atoms with Gasteiger partial charge in [-0.1, -0.05) is 37.3 Å². The van der Waals surface area contributed by atoms with Crippen molar-refractivity contribution >= 4 is 11.9 Å². The summed E-state index contributed by atoms with van der Waals surface area (Å²) in [5, 5.41) is 11.8. The van der Waals surface area contributed by atoms with Crippen molar-refractivity contribution in [2.45, 2.75) is 50.9 Å². The lowest BCUT2D eigenvalue weighted by Gasteiger charge is -2.19. The molecule has 21 heavy (non-hydrogen) atoms. The highest BCUT2D eigenvalue weighted by molar-refractivity contribution is 5.82. The smallest absolute Gasteiger partial charge is 0.332 e. The molecule has 0 radical (unpaired) electrons. The summed E-state index contributed by atoms with van der Waals surface area (Å²) in [5.41, 5.74) is 1.17. The Balaban J connectivity index is 1.87. The van der Waals surface area contributed by atoms with E-state index in [9.17, 15) is 9.59 Å². The summed E-state index contributed by atoms with van der Waals surface area (Å²) in [6.07, 6.45) is 0.937. The predicted octanol–water partition coefficient (Wildman–Crippen LogP) is 1.76. The molecule has 1 aliphatic heterocycles. The van der Waals surface area contributed by atoms with Crippen LogP contribution in [0.4, 0.5) is 0 Å². The highest BCUT2D eigenvalue weighted by atomic mass is 16.5. The number of hydrogen-bond donors (Lipinski definition) is 2. The van der Waals surface area contributed by atoms with Crippen molar-refractivity contribution in [2.24, 2.45) is 0 Å². The molecule has 1 aliphatic rings. The maximum Gasteiger partial charge on any atom is 0.332 e. The van der Waals surface area contributed by atoms with Crippen LogP contribution in [0.3, 0.4) is 0 Å². The zero-order valence-electron chi connectivity index (χ0n) is 12.1. The fourth-order valence-corrected chi connectivity index (χ4v) is 2.50. The van der Waals surface area contributed by atoms with Crippen molar-refractivity contribution in [3.8, 4) is 0 Å². The van der Waals surface area contributed by atoms with E-state index in [1.54, 1.807) is 0 Å². The number of ether oxygens (including phenoxy) is 1. The average molecular weight is 291 g/mol. The number of rotatable bonds is 6. The second kappa shape index (κ2) is 7.22. The summed E-state index contributed by atoms with van der Waals surface area (Å²) in [4.78, 5) is 23.0. The summed E-state index contributed by atoms with van der Waals surface area (Å²) >= 11 is 0. The summed E-state index contributed by atoms with van der Waals surface area (Å²) in [6, 6.07) is 10.00. The van der Waals surface area contributed by atoms with E-state index in [1.165, 1.54) is 5.56 Å². The van der Waals surface area contributed by atoms with Gasteiger partial charge in [0.25, 0.3) is 0 Å². The third-order valence-corrected chi connectivity index (χ3v) is 3.75. The minimum Gasteiger partial charge on any atom is -0.479 e. The third-order valence-electron chi connectivity index (χ3n) is 3.75. The first-order valence-corrected chi connectivity index (χ1v) is 7.32. The van der Waals surface area contributed by atoms with E-state index in [0.717, 1.165) is 12.8 Å². The van der Waals surface area contributed by atoms with E-state index < -0.39 is 18.2 Å². The van der Waals surface area contributed by atoms with Gasteiger partial charge < -0.3 is 15.2 Å². The van der Waals surface area contributed by atoms with Gasteiger partial charge in [-0.2, -0.15) is 0 Å². The summed E-state index contributed by atoms with van der Waals surface area (Å²) < 4.78 is 5.27. The Morgan fingerprint density at radius 1 is 1.29 bits per heavy atom. The van der Waals surface area contributed by atoms with Crippen LogP contribution in [-0.2, 0) is 20.7 Å². The van der Waals surface area contributed by atoms with Gasteiger partial charge in [0, 0.05) is 6.04 Å². The second-order valence-electron chi connectivity index (χ2n) is 5.33. The SMILES string of the molecule is CCC(Cc1ccccc1)NC(=O)[C@@H]1CC[C@H](C(=O)O)O1. The molecule has 0 saturated carbocycles. The number of aliphatic carboxylic acids is 1. The van der Waals surface area contributed by atoms with Crippen LogP contribution in [0.25, 0.3) is 0 Å². The van der Waals surface area contributed by atoms with E-state index in [2.05, 4.69) is 5.32 Å². The Labute approximate surface area is 124 Å². The van der Waals surface area contributed by atoms with E-state index in [1.807, 2.05) is 37.3 Å². The molecule has 1 amide bonds. The standard InChI is InChI=1S/C16H21NO4/c1-2-12(10-11-6-4-3-5-7-11)17-15(18)13-8-9-14(21-13)16(19)20/h3-7,12-14H,2,8-10H2,1H3,(H,17,18)(H,19,20)/t12?,13-,14+/m0/s1. The normalized spacial score (nSPS) is 22.7. The van der Waals surface area contributed by atoms with Crippen LogP contribution in [0.5, 0.6) is 0 Å². The van der Waals surface area contributed by atoms with Crippen LogP contribution in [-0.4, -0.2) is 35.2 Å². The largest absolute Gasteiger partial charge is 0.479 e. The zero-order chi connectivity index (χ0) is 15.2. The Bertz CT molecular complexity index is 488. The van der Waals surface area contributed by atoms with Crippen LogP contribution in [0, 0.1) is 0 Å². The number of carbonyl (C=O) groups is 2. The maximum atomic E-state index is 12.1. The number of carboxylic acid groups (broad SMARTS) is 1. The molecule has 0 spiro atoms. The number of carboxylic acids is 1. The Morgan fingerprint density at radius 2 is 1.95 bits per heavy atom. The van der Waals surface area contributed by atoms with Crippen molar-refractivity contribution in [2.75, 3.05) is 0 Å². The molecule has 1 saturated heterocycles. The van der Waals surface area contributed by atoms with E-state index in [4.69, 9.17) is 9.84 Å². The lowest BCUT2D eigenvalue weighted by molar-refractivity contribution is -0.151. The molecule has 5 nitrogen and oxygen atoms in total. The molecule has 0 bridgehead atoms. The topological polar surface area (TPSA) is 75.6 Å². The Hall–Kier alpha value is -1.88. The lowest BCUT2D eigenvalue weighted by atomic mass is 10.0. The summed E-state index contributed by atoms with van der Waals surface area (Å²) in [5.74, 6) is -1.21. The number of benzene rings is 1. The first kappa shape index (κ1) is 15.5. The molecule has 2 N–H and O–H groups in total. The Kier molecular flexibility index (Phi) is 5.33. The van der Waals surface area contributed by atoms with Gasteiger partial charge in [-0.05, 0) is 31.2 Å². The lowest BCUT2D eigenvalue weighted by Crippen LogP contribution is -2.42. The predicted molar refractivity (Wildman–Crippen MR) is 77.9 cm³/mol. The number of carbonyl (C=O) groups excluding carboxylic acids is 1. The second-order valence-corrected chi connectivity index (χ2v) is 5.33. The van der Waals surface area contributed by atoms with Crippen LogP contribution >= 0.6 is 0 Å². The molecule has 1 fully saturated rings. The van der Waals surface area contributed by atoms with Gasteiger partial charge in [0.1, 0.15) is 6.10 Å². The highest BCUT2D eigenvalue weighted by Gasteiger charge is 2.35. The van der Waals surface area contributed by atoms with Crippen molar-refractivity contribution in [1.29, 1.82) is 0 Å². The quantitative estimate of drug-likeness (QED) is 0.837. The molecule has 2 rings (SSSR count). The van der Waals surface area contributed by atoms with Gasteiger partial charge in [-0.25, -0.2) is 4.79 Å². The van der Waals surface area contributed by atoms with Gasteiger partial charge in [0.15, 0.2) is 6.10 Å². The molecule has 0 aromatic heterocycles. The van der Waals surface area contributed by atoms with Crippen LogP contribution < -0.4 is 5.32 Å². The van der Waals surface area contributed by atoms with Gasteiger partial charge >= 0.3 is 5.97 Å². The fraction of sp³-hybridized carbons (Fsp3) is 0.500. The minimum atomic E-state index is -0.998. The monoisotopic (exact) mass is 291 g/mol. The van der Waals surface area contributed by atoms with Crippen LogP contribution in [0.2, 0.25) is 0 Å². The van der Waals surface area contributed by atoms with E-state index in [0.29, 0.717) is 12.8 Å². The molecular formula is C16H21NO4. The van der Waals surface area contributed by atoms with Crippen LogP contribution in [0.1, 0.15) is 31.7 Å². The molecule has 0 aliphatic carbocycles. The summed E-state index contributed by atoms with van der Waals surface area (Å²) in [7, 11) is 0.